The van der Waals surface area contributed by atoms with Gasteiger partial charge < -0.3 is 15.2 Å². The van der Waals surface area contributed by atoms with Crippen LogP contribution < -0.4 is 10.4 Å². The molecule has 0 aromatic carbocycles. The van der Waals surface area contributed by atoms with Crippen LogP contribution in [0.5, 0.6) is 0 Å². The van der Waals surface area contributed by atoms with Crippen molar-refractivity contribution in [2.24, 2.45) is 0 Å². The highest BCUT2D eigenvalue weighted by molar-refractivity contribution is 6.30. The van der Waals surface area contributed by atoms with E-state index in [9.17, 15) is 14.7 Å². The van der Waals surface area contributed by atoms with Gasteiger partial charge in [0.25, 0.3) is 5.91 Å². The number of aliphatic carboxylic acids is 1. The van der Waals surface area contributed by atoms with Crippen molar-refractivity contribution in [1.29, 1.82) is 0 Å². The molecule has 1 N–H and O–H groups in total. The topological polar surface area (TPSA) is 69.2 Å². The van der Waals surface area contributed by atoms with Gasteiger partial charge in [-0.25, -0.2) is 0 Å². The fourth-order valence-electron chi connectivity index (χ4n) is 0.311. The first-order valence-corrected chi connectivity index (χ1v) is 2.67. The lowest BCUT2D eigenvalue weighted by molar-refractivity contribution is -0.300. The van der Waals surface area contributed by atoms with Gasteiger partial charge in [0.2, 0.25) is 0 Å². The summed E-state index contributed by atoms with van der Waals surface area (Å²) in [5.74, 6) is -2.72. The van der Waals surface area contributed by atoms with E-state index in [2.05, 4.69) is 5.32 Å². The average molecular weight is 130 g/mol. The third kappa shape index (κ3) is 3.52. The second-order valence-corrected chi connectivity index (χ2v) is 1.54. The minimum atomic E-state index is -1.68. The molecule has 0 aliphatic carbocycles. The summed E-state index contributed by atoms with van der Waals surface area (Å²) >= 11 is 0. The predicted octanol–water partition coefficient (Wildman–Crippen LogP) is -1.74. The minimum absolute atomic E-state index is 0.382. The van der Waals surface area contributed by atoms with Crippen molar-refractivity contribution in [2.75, 3.05) is 6.54 Å². The van der Waals surface area contributed by atoms with Crippen LogP contribution in [0.3, 0.4) is 0 Å². The second kappa shape index (κ2) is 3.88. The Morgan fingerprint density at radius 2 is 2.11 bits per heavy atom. The molecule has 0 atom stereocenters. The first-order chi connectivity index (χ1) is 4.18. The van der Waals surface area contributed by atoms with E-state index >= 15 is 0 Å². The Hall–Kier alpha value is -1.06. The first kappa shape index (κ1) is 7.94. The zero-order valence-corrected chi connectivity index (χ0v) is 5.14. The van der Waals surface area contributed by atoms with Crippen LogP contribution in [0.15, 0.2) is 0 Å². The first-order valence-electron chi connectivity index (χ1n) is 2.67. The summed E-state index contributed by atoms with van der Waals surface area (Å²) in [6, 6.07) is 0. The molecule has 52 valence electrons. The van der Waals surface area contributed by atoms with Crippen LogP contribution in [-0.2, 0) is 9.59 Å². The van der Waals surface area contributed by atoms with Crippen LogP contribution in [0.1, 0.15) is 13.3 Å². The standard InChI is InChI=1S/C5H9NO3/c1-2-3-6-4(7)5(8)9/h2-3H2,1H3,(H,6,7)(H,8,9)/p-1. The number of amides is 1. The zero-order valence-electron chi connectivity index (χ0n) is 5.14. The maximum atomic E-state index is 10.1. The summed E-state index contributed by atoms with van der Waals surface area (Å²) in [7, 11) is 0. The van der Waals surface area contributed by atoms with Gasteiger partial charge in [-0.2, -0.15) is 0 Å². The van der Waals surface area contributed by atoms with Crippen molar-refractivity contribution in [3.05, 3.63) is 0 Å². The third-order valence-corrected chi connectivity index (χ3v) is 0.721. The molecule has 0 aromatic rings. The lowest BCUT2D eigenvalue weighted by Gasteiger charge is -2.01. The summed E-state index contributed by atoms with van der Waals surface area (Å²) in [6.07, 6.45) is 0.721. The highest BCUT2D eigenvalue weighted by atomic mass is 16.4. The van der Waals surface area contributed by atoms with Gasteiger partial charge in [-0.3, -0.25) is 4.79 Å². The molecule has 0 saturated heterocycles. The number of hydrogen-bond donors (Lipinski definition) is 1. The van der Waals surface area contributed by atoms with E-state index in [4.69, 9.17) is 0 Å². The summed E-state index contributed by atoms with van der Waals surface area (Å²) in [6.45, 7) is 2.21. The highest BCUT2D eigenvalue weighted by Crippen LogP contribution is 1.68. The van der Waals surface area contributed by atoms with E-state index in [1.165, 1.54) is 0 Å². The maximum absolute atomic E-state index is 10.1. The molecule has 0 saturated carbocycles. The fourth-order valence-corrected chi connectivity index (χ4v) is 0.311. The van der Waals surface area contributed by atoms with Gasteiger partial charge in [-0.05, 0) is 6.42 Å². The van der Waals surface area contributed by atoms with Gasteiger partial charge in [0, 0.05) is 6.54 Å². The van der Waals surface area contributed by atoms with Crippen molar-refractivity contribution >= 4 is 11.9 Å². The maximum Gasteiger partial charge on any atom is 0.266 e. The molecule has 4 nitrogen and oxygen atoms in total. The zero-order chi connectivity index (χ0) is 7.28. The van der Waals surface area contributed by atoms with E-state index < -0.39 is 11.9 Å². The quantitative estimate of drug-likeness (QED) is 0.451. The molecule has 0 rings (SSSR count). The Labute approximate surface area is 52.9 Å². The molecule has 9 heavy (non-hydrogen) atoms. The van der Waals surface area contributed by atoms with Gasteiger partial charge in [-0.15, -0.1) is 0 Å². The lowest BCUT2D eigenvalue weighted by Crippen LogP contribution is -2.41. The van der Waals surface area contributed by atoms with E-state index in [0.717, 1.165) is 6.42 Å². The Bertz CT molecular complexity index is 121. The smallest absolute Gasteiger partial charge is 0.266 e. The molecule has 0 heterocycles. The van der Waals surface area contributed by atoms with Gasteiger partial charge >= 0.3 is 0 Å². The third-order valence-electron chi connectivity index (χ3n) is 0.721. The van der Waals surface area contributed by atoms with Gasteiger partial charge in [0.05, 0.1) is 0 Å². The number of carboxylic acids is 1. The Balaban J connectivity index is 3.39. The van der Waals surface area contributed by atoms with Crippen LogP contribution in [0.25, 0.3) is 0 Å². The number of carbonyl (C=O) groups excluding carboxylic acids is 2. The molecule has 4 heteroatoms. The van der Waals surface area contributed by atoms with E-state index in [0.29, 0.717) is 6.54 Å². The number of hydrogen-bond acceptors (Lipinski definition) is 3. The number of carboxylic acid groups (broad SMARTS) is 1. The minimum Gasteiger partial charge on any atom is -0.540 e. The molecular weight excluding hydrogens is 122 g/mol. The van der Waals surface area contributed by atoms with E-state index in [1.807, 2.05) is 6.92 Å². The summed E-state index contributed by atoms with van der Waals surface area (Å²) in [5, 5.41) is 11.8. The molecule has 0 aliphatic rings. The number of rotatable bonds is 2. The lowest BCUT2D eigenvalue weighted by atomic mass is 10.5. The number of carbonyl (C=O) groups is 2. The normalized spacial score (nSPS) is 8.56. The van der Waals surface area contributed by atoms with E-state index in [1.54, 1.807) is 0 Å². The SMILES string of the molecule is CCCNC(=O)C(=O)[O-]. The fraction of sp³-hybridized carbons (Fsp3) is 0.600. The van der Waals surface area contributed by atoms with Crippen molar-refractivity contribution in [1.82, 2.24) is 5.32 Å². The van der Waals surface area contributed by atoms with Crippen LogP contribution in [0, 0.1) is 0 Å². The summed E-state index contributed by atoms with van der Waals surface area (Å²) < 4.78 is 0. The molecule has 0 aliphatic heterocycles. The molecular formula is C5H8NO3-. The monoisotopic (exact) mass is 130 g/mol. The molecule has 0 unspecified atom stereocenters. The van der Waals surface area contributed by atoms with Crippen molar-refractivity contribution in [3.8, 4) is 0 Å². The summed E-state index contributed by atoms with van der Waals surface area (Å²) in [4.78, 5) is 19.8. The Kier molecular flexibility index (Phi) is 3.43. The molecule has 0 aromatic heterocycles. The van der Waals surface area contributed by atoms with Crippen LogP contribution in [0.4, 0.5) is 0 Å². The largest absolute Gasteiger partial charge is 0.540 e. The molecule has 0 bridgehead atoms. The predicted molar refractivity (Wildman–Crippen MR) is 28.3 cm³/mol. The second-order valence-electron chi connectivity index (χ2n) is 1.54. The Morgan fingerprint density at radius 3 is 2.44 bits per heavy atom. The number of nitrogens with one attached hydrogen (secondary N) is 1. The molecule has 0 spiro atoms. The van der Waals surface area contributed by atoms with Crippen molar-refractivity contribution in [3.63, 3.8) is 0 Å². The van der Waals surface area contributed by atoms with E-state index in [-0.39, 0.29) is 0 Å². The Morgan fingerprint density at radius 1 is 1.56 bits per heavy atom. The van der Waals surface area contributed by atoms with Crippen molar-refractivity contribution < 1.29 is 14.7 Å². The van der Waals surface area contributed by atoms with Crippen LogP contribution in [0.2, 0.25) is 0 Å². The molecule has 1 amide bonds. The van der Waals surface area contributed by atoms with Crippen LogP contribution in [-0.4, -0.2) is 18.4 Å². The molecule has 0 radical (unpaired) electrons. The van der Waals surface area contributed by atoms with Crippen molar-refractivity contribution in [2.45, 2.75) is 13.3 Å². The van der Waals surface area contributed by atoms with Crippen LogP contribution >= 0.6 is 0 Å². The average Bonchev–Trinajstić information content (AvgIpc) is 1.82. The highest BCUT2D eigenvalue weighted by Gasteiger charge is 1.96. The molecule has 0 fully saturated rings. The van der Waals surface area contributed by atoms with Gasteiger partial charge in [0.15, 0.2) is 0 Å². The van der Waals surface area contributed by atoms with Gasteiger partial charge in [-0.1, -0.05) is 6.92 Å². The summed E-state index contributed by atoms with van der Waals surface area (Å²) in [5.41, 5.74) is 0. The van der Waals surface area contributed by atoms with Gasteiger partial charge in [0.1, 0.15) is 5.97 Å².